The fraction of sp³-hybridized carbons (Fsp3) is 0.167. The highest BCUT2D eigenvalue weighted by Gasteiger charge is 2.32. The van der Waals surface area contributed by atoms with Crippen molar-refractivity contribution < 1.29 is 9.53 Å². The van der Waals surface area contributed by atoms with Crippen molar-refractivity contribution in [2.75, 3.05) is 17.2 Å². The van der Waals surface area contributed by atoms with Crippen LogP contribution in [-0.2, 0) is 10.5 Å². The summed E-state index contributed by atoms with van der Waals surface area (Å²) in [4.78, 5) is 18.4. The standard InChI is InChI=1S/C30H28ClN5O2S/c1-3-38-26-16-10-9-15-24(26)33-28(37)27-20(2)32-29-34-30(39-19-22-13-7-8-14-23(22)31)35-36(29)25(27)18-17-21-11-5-4-6-12-21/h4-18,25H,3,19H2,1-2H3,(H,33,37)(H,32,34,35)/b18-17+. The number of hydrogen-bond acceptors (Lipinski definition) is 6. The van der Waals surface area contributed by atoms with Gasteiger partial charge in [0.05, 0.1) is 17.9 Å². The first-order valence-corrected chi connectivity index (χ1v) is 14.0. The van der Waals surface area contributed by atoms with Gasteiger partial charge in [0.2, 0.25) is 11.1 Å². The summed E-state index contributed by atoms with van der Waals surface area (Å²) < 4.78 is 7.47. The molecule has 198 valence electrons. The van der Waals surface area contributed by atoms with E-state index in [0.717, 1.165) is 11.1 Å². The summed E-state index contributed by atoms with van der Waals surface area (Å²) in [5, 5.41) is 12.4. The van der Waals surface area contributed by atoms with Crippen LogP contribution < -0.4 is 15.4 Å². The number of carbonyl (C=O) groups excluding carboxylic acids is 1. The molecule has 0 spiro atoms. The second kappa shape index (κ2) is 12.2. The van der Waals surface area contributed by atoms with E-state index in [1.807, 2.05) is 105 Å². The van der Waals surface area contributed by atoms with Crippen LogP contribution in [0.15, 0.2) is 101 Å². The zero-order valence-electron chi connectivity index (χ0n) is 21.6. The van der Waals surface area contributed by atoms with Crippen molar-refractivity contribution in [3.8, 4) is 5.75 Å². The first kappa shape index (κ1) is 26.6. The number of anilines is 2. The van der Waals surface area contributed by atoms with Gasteiger partial charge in [0.25, 0.3) is 5.91 Å². The lowest BCUT2D eigenvalue weighted by atomic mass is 10.0. The first-order chi connectivity index (χ1) is 19.0. The Morgan fingerprint density at radius 2 is 1.85 bits per heavy atom. The number of fused-ring (bicyclic) bond motifs is 1. The van der Waals surface area contributed by atoms with Gasteiger partial charge in [-0.15, -0.1) is 5.10 Å². The quantitative estimate of drug-likeness (QED) is 0.212. The number of nitrogens with one attached hydrogen (secondary N) is 2. The minimum absolute atomic E-state index is 0.249. The highest BCUT2D eigenvalue weighted by molar-refractivity contribution is 7.98. The van der Waals surface area contributed by atoms with Gasteiger partial charge in [-0.3, -0.25) is 4.79 Å². The summed E-state index contributed by atoms with van der Waals surface area (Å²) in [5.41, 5.74) is 3.87. The molecule has 39 heavy (non-hydrogen) atoms. The molecule has 1 aliphatic rings. The zero-order chi connectivity index (χ0) is 27.2. The molecule has 2 N–H and O–H groups in total. The SMILES string of the molecule is CCOc1ccccc1NC(=O)C1=C(C)Nc2nc(SCc3ccccc3Cl)nn2C1/C=C/c1ccccc1. The van der Waals surface area contributed by atoms with E-state index in [2.05, 4.69) is 10.6 Å². The van der Waals surface area contributed by atoms with Gasteiger partial charge in [0.15, 0.2) is 0 Å². The van der Waals surface area contributed by atoms with Crippen LogP contribution in [0.5, 0.6) is 5.75 Å². The molecule has 3 aromatic carbocycles. The minimum atomic E-state index is -0.483. The summed E-state index contributed by atoms with van der Waals surface area (Å²) in [6.07, 6.45) is 3.97. The van der Waals surface area contributed by atoms with E-state index in [9.17, 15) is 4.79 Å². The monoisotopic (exact) mass is 557 g/mol. The second-order valence-electron chi connectivity index (χ2n) is 8.80. The molecular weight excluding hydrogens is 530 g/mol. The fourth-order valence-electron chi connectivity index (χ4n) is 4.27. The van der Waals surface area contributed by atoms with Gasteiger partial charge >= 0.3 is 0 Å². The number of carbonyl (C=O) groups is 1. The smallest absolute Gasteiger partial charge is 0.255 e. The van der Waals surface area contributed by atoms with Crippen LogP contribution in [0.3, 0.4) is 0 Å². The first-order valence-electron chi connectivity index (χ1n) is 12.6. The van der Waals surface area contributed by atoms with Crippen LogP contribution in [0.1, 0.15) is 31.0 Å². The van der Waals surface area contributed by atoms with Crippen LogP contribution >= 0.6 is 23.4 Å². The number of benzene rings is 3. The van der Waals surface area contributed by atoms with Gasteiger partial charge in [-0.25, -0.2) is 4.68 Å². The Kier molecular flexibility index (Phi) is 8.34. The Morgan fingerprint density at radius 1 is 1.10 bits per heavy atom. The molecule has 0 bridgehead atoms. The van der Waals surface area contributed by atoms with Crippen LogP contribution in [0, 0.1) is 0 Å². The topological polar surface area (TPSA) is 81.1 Å². The van der Waals surface area contributed by atoms with E-state index in [-0.39, 0.29) is 5.91 Å². The van der Waals surface area contributed by atoms with Gasteiger partial charge in [-0.1, -0.05) is 96.2 Å². The molecule has 1 aromatic heterocycles. The average Bonchev–Trinajstić information content (AvgIpc) is 3.35. The Balaban J connectivity index is 1.46. The van der Waals surface area contributed by atoms with E-state index >= 15 is 0 Å². The normalized spacial score (nSPS) is 14.7. The lowest BCUT2D eigenvalue weighted by molar-refractivity contribution is -0.113. The molecule has 2 heterocycles. The Hall–Kier alpha value is -4.01. The van der Waals surface area contributed by atoms with Crippen molar-refractivity contribution in [2.45, 2.75) is 30.8 Å². The molecule has 0 radical (unpaired) electrons. The van der Waals surface area contributed by atoms with Crippen molar-refractivity contribution in [3.63, 3.8) is 0 Å². The number of halogens is 1. The Labute approximate surface area is 236 Å². The maximum absolute atomic E-state index is 13.7. The number of amides is 1. The van der Waals surface area contributed by atoms with Crippen LogP contribution in [-0.4, -0.2) is 27.3 Å². The average molecular weight is 558 g/mol. The number of allylic oxidation sites excluding steroid dienone is 2. The fourth-order valence-corrected chi connectivity index (χ4v) is 5.39. The molecule has 1 aliphatic heterocycles. The predicted molar refractivity (Wildman–Crippen MR) is 158 cm³/mol. The minimum Gasteiger partial charge on any atom is -0.492 e. The van der Waals surface area contributed by atoms with Gasteiger partial charge in [0.1, 0.15) is 11.8 Å². The molecule has 1 atom stereocenters. The molecule has 0 aliphatic carbocycles. The Morgan fingerprint density at radius 3 is 2.64 bits per heavy atom. The zero-order valence-corrected chi connectivity index (χ0v) is 23.2. The van der Waals surface area contributed by atoms with E-state index in [1.165, 1.54) is 11.8 Å². The number of ether oxygens (including phenoxy) is 1. The van der Waals surface area contributed by atoms with Crippen LogP contribution in [0.4, 0.5) is 11.6 Å². The highest BCUT2D eigenvalue weighted by atomic mass is 35.5. The highest BCUT2D eigenvalue weighted by Crippen LogP contribution is 2.35. The molecule has 1 amide bonds. The van der Waals surface area contributed by atoms with E-state index in [0.29, 0.717) is 51.2 Å². The molecule has 0 fully saturated rings. The molecule has 7 nitrogen and oxygen atoms in total. The molecule has 4 aromatic rings. The van der Waals surface area contributed by atoms with Crippen molar-refractivity contribution in [1.82, 2.24) is 14.8 Å². The van der Waals surface area contributed by atoms with Gasteiger partial charge < -0.3 is 15.4 Å². The third-order valence-corrected chi connectivity index (χ3v) is 7.39. The molecular formula is C30H28ClN5O2S. The number of hydrogen-bond donors (Lipinski definition) is 2. The summed E-state index contributed by atoms with van der Waals surface area (Å²) in [7, 11) is 0. The molecule has 0 saturated carbocycles. The third kappa shape index (κ3) is 6.19. The van der Waals surface area contributed by atoms with Crippen molar-refractivity contribution in [3.05, 3.63) is 112 Å². The van der Waals surface area contributed by atoms with E-state index in [4.69, 9.17) is 26.4 Å². The largest absolute Gasteiger partial charge is 0.492 e. The molecule has 9 heteroatoms. The number of nitrogens with zero attached hydrogens (tertiary/aromatic N) is 3. The van der Waals surface area contributed by atoms with Crippen molar-refractivity contribution in [1.29, 1.82) is 0 Å². The summed E-state index contributed by atoms with van der Waals surface area (Å²) in [6, 6.07) is 24.6. The Bertz CT molecular complexity index is 1530. The second-order valence-corrected chi connectivity index (χ2v) is 10.2. The van der Waals surface area contributed by atoms with E-state index < -0.39 is 6.04 Å². The van der Waals surface area contributed by atoms with Crippen molar-refractivity contribution >= 4 is 47.0 Å². The van der Waals surface area contributed by atoms with Gasteiger partial charge in [-0.05, 0) is 43.2 Å². The van der Waals surface area contributed by atoms with Crippen molar-refractivity contribution in [2.24, 2.45) is 0 Å². The maximum atomic E-state index is 13.7. The molecule has 0 saturated heterocycles. The predicted octanol–water partition coefficient (Wildman–Crippen LogP) is 7.22. The van der Waals surface area contributed by atoms with Crippen LogP contribution in [0.25, 0.3) is 6.08 Å². The van der Waals surface area contributed by atoms with Gasteiger partial charge in [0, 0.05) is 16.5 Å². The third-order valence-electron chi connectivity index (χ3n) is 6.14. The number of aromatic nitrogens is 3. The number of para-hydroxylation sites is 2. The lowest BCUT2D eigenvalue weighted by Crippen LogP contribution is -2.30. The lowest BCUT2D eigenvalue weighted by Gasteiger charge is -2.26. The summed E-state index contributed by atoms with van der Waals surface area (Å²) in [6.45, 7) is 4.28. The molecule has 1 unspecified atom stereocenters. The van der Waals surface area contributed by atoms with Crippen LogP contribution in [0.2, 0.25) is 5.02 Å². The summed E-state index contributed by atoms with van der Waals surface area (Å²) in [5.74, 6) is 1.57. The van der Waals surface area contributed by atoms with Gasteiger partial charge in [-0.2, -0.15) is 4.98 Å². The maximum Gasteiger partial charge on any atom is 0.255 e. The molecule has 5 rings (SSSR count). The van der Waals surface area contributed by atoms with E-state index in [1.54, 1.807) is 4.68 Å². The number of thioether (sulfide) groups is 1. The number of rotatable bonds is 9. The summed E-state index contributed by atoms with van der Waals surface area (Å²) >= 11 is 7.84.